The minimum atomic E-state index is -0.987. The van der Waals surface area contributed by atoms with E-state index in [1.165, 1.54) is 5.56 Å². The molecule has 0 unspecified atom stereocenters. The van der Waals surface area contributed by atoms with Crippen LogP contribution < -0.4 is 0 Å². The maximum Gasteiger partial charge on any atom is 0.357 e. The van der Waals surface area contributed by atoms with E-state index in [4.69, 9.17) is 5.11 Å². The number of carbonyl (C=O) groups is 1. The van der Waals surface area contributed by atoms with Gasteiger partial charge in [-0.1, -0.05) is 32.9 Å². The van der Waals surface area contributed by atoms with Crippen LogP contribution in [-0.4, -0.2) is 20.9 Å². The number of aromatic carboxylic acids is 1. The van der Waals surface area contributed by atoms with Gasteiger partial charge in [0.15, 0.2) is 5.69 Å². The molecule has 0 atom stereocenters. The van der Waals surface area contributed by atoms with E-state index >= 15 is 0 Å². The smallest absolute Gasteiger partial charge is 0.357 e. The molecule has 0 aliphatic heterocycles. The molecule has 0 fully saturated rings. The standard InChI is InChI=1S/C13H16N2O2/c1-13(2,3)8-5-6-9-10(7-8)15(4)14-11(9)12(16)17/h5-7H,1-4H3,(H,16,17). The van der Waals surface area contributed by atoms with Crippen molar-refractivity contribution in [3.63, 3.8) is 0 Å². The van der Waals surface area contributed by atoms with Crippen molar-refractivity contribution in [1.29, 1.82) is 0 Å². The molecule has 2 rings (SSSR count). The number of carboxylic acid groups (broad SMARTS) is 1. The topological polar surface area (TPSA) is 55.1 Å². The van der Waals surface area contributed by atoms with E-state index in [2.05, 4.69) is 25.9 Å². The maximum absolute atomic E-state index is 11.0. The lowest BCUT2D eigenvalue weighted by atomic mass is 9.86. The Labute approximate surface area is 99.9 Å². The summed E-state index contributed by atoms with van der Waals surface area (Å²) in [6.45, 7) is 6.38. The summed E-state index contributed by atoms with van der Waals surface area (Å²) in [4.78, 5) is 11.0. The summed E-state index contributed by atoms with van der Waals surface area (Å²) in [5.41, 5.74) is 2.18. The summed E-state index contributed by atoms with van der Waals surface area (Å²) in [7, 11) is 1.77. The average Bonchev–Trinajstić information content (AvgIpc) is 2.55. The highest BCUT2D eigenvalue weighted by molar-refractivity contribution is 6.01. The minimum absolute atomic E-state index is 0.0435. The fourth-order valence-electron chi connectivity index (χ4n) is 1.88. The second-order valence-electron chi connectivity index (χ2n) is 5.26. The Hall–Kier alpha value is -1.84. The van der Waals surface area contributed by atoms with Crippen LogP contribution in [0.4, 0.5) is 0 Å². The fraction of sp³-hybridized carbons (Fsp3) is 0.385. The fourth-order valence-corrected chi connectivity index (χ4v) is 1.88. The van der Waals surface area contributed by atoms with Crippen molar-refractivity contribution in [3.05, 3.63) is 29.5 Å². The zero-order valence-electron chi connectivity index (χ0n) is 10.5. The average molecular weight is 232 g/mol. The van der Waals surface area contributed by atoms with Crippen LogP contribution in [0.1, 0.15) is 36.8 Å². The van der Waals surface area contributed by atoms with Crippen LogP contribution in [0.5, 0.6) is 0 Å². The normalized spacial score (nSPS) is 12.0. The Morgan fingerprint density at radius 2 is 2.00 bits per heavy atom. The predicted molar refractivity (Wildman–Crippen MR) is 66.4 cm³/mol. The molecule has 4 nitrogen and oxygen atoms in total. The van der Waals surface area contributed by atoms with Gasteiger partial charge in [0.1, 0.15) is 0 Å². The van der Waals surface area contributed by atoms with Gasteiger partial charge in [-0.2, -0.15) is 5.10 Å². The Balaban J connectivity index is 2.72. The van der Waals surface area contributed by atoms with Gasteiger partial charge in [0.25, 0.3) is 0 Å². The molecule has 90 valence electrons. The summed E-state index contributed by atoms with van der Waals surface area (Å²) in [6.07, 6.45) is 0. The molecule has 1 aromatic heterocycles. The van der Waals surface area contributed by atoms with Gasteiger partial charge in [-0.3, -0.25) is 4.68 Å². The number of rotatable bonds is 1. The van der Waals surface area contributed by atoms with Gasteiger partial charge < -0.3 is 5.11 Å². The molecule has 1 N–H and O–H groups in total. The van der Waals surface area contributed by atoms with Crippen molar-refractivity contribution in [2.75, 3.05) is 0 Å². The number of nitrogens with zero attached hydrogens (tertiary/aromatic N) is 2. The lowest BCUT2D eigenvalue weighted by molar-refractivity contribution is 0.0691. The van der Waals surface area contributed by atoms with E-state index < -0.39 is 5.97 Å². The first-order chi connectivity index (χ1) is 7.80. The van der Waals surface area contributed by atoms with Gasteiger partial charge in [0, 0.05) is 12.4 Å². The highest BCUT2D eigenvalue weighted by Gasteiger charge is 2.18. The van der Waals surface area contributed by atoms with Gasteiger partial charge in [0.05, 0.1) is 5.52 Å². The van der Waals surface area contributed by atoms with Crippen LogP contribution in [0.2, 0.25) is 0 Å². The van der Waals surface area contributed by atoms with Crippen molar-refractivity contribution in [3.8, 4) is 0 Å². The summed E-state index contributed by atoms with van der Waals surface area (Å²) >= 11 is 0. The quantitative estimate of drug-likeness (QED) is 0.822. The third-order valence-electron chi connectivity index (χ3n) is 2.92. The third kappa shape index (κ3) is 1.90. The highest BCUT2D eigenvalue weighted by Crippen LogP contribution is 2.27. The van der Waals surface area contributed by atoms with Crippen molar-refractivity contribution in [1.82, 2.24) is 9.78 Å². The zero-order valence-corrected chi connectivity index (χ0v) is 10.5. The van der Waals surface area contributed by atoms with Gasteiger partial charge >= 0.3 is 5.97 Å². The van der Waals surface area contributed by atoms with E-state index in [1.807, 2.05) is 18.2 Å². The van der Waals surface area contributed by atoms with E-state index in [-0.39, 0.29) is 11.1 Å². The monoisotopic (exact) mass is 232 g/mol. The van der Waals surface area contributed by atoms with Crippen LogP contribution in [0.25, 0.3) is 10.9 Å². The number of hydrogen-bond acceptors (Lipinski definition) is 2. The lowest BCUT2D eigenvalue weighted by Crippen LogP contribution is -2.10. The second kappa shape index (κ2) is 3.58. The number of aromatic nitrogens is 2. The molecule has 0 saturated carbocycles. The number of fused-ring (bicyclic) bond motifs is 1. The molecule has 0 spiro atoms. The third-order valence-corrected chi connectivity index (χ3v) is 2.92. The first-order valence-electron chi connectivity index (χ1n) is 5.51. The SMILES string of the molecule is Cn1nc(C(=O)O)c2ccc(C(C)(C)C)cc21. The van der Waals surface area contributed by atoms with E-state index in [0.717, 1.165) is 5.52 Å². The molecule has 0 radical (unpaired) electrons. The Bertz CT molecular complexity index is 591. The molecule has 0 amide bonds. The largest absolute Gasteiger partial charge is 0.476 e. The van der Waals surface area contributed by atoms with Crippen LogP contribution in [-0.2, 0) is 12.5 Å². The number of carboxylic acids is 1. The summed E-state index contributed by atoms with van der Waals surface area (Å²) in [6, 6.07) is 5.82. The van der Waals surface area contributed by atoms with Crippen LogP contribution in [0.3, 0.4) is 0 Å². The number of aryl methyl sites for hydroxylation is 1. The van der Waals surface area contributed by atoms with Crippen LogP contribution in [0, 0.1) is 0 Å². The van der Waals surface area contributed by atoms with E-state index in [1.54, 1.807) is 11.7 Å². The van der Waals surface area contributed by atoms with E-state index in [0.29, 0.717) is 5.39 Å². The molecule has 4 heteroatoms. The molecule has 0 aliphatic rings. The molecule has 0 bridgehead atoms. The van der Waals surface area contributed by atoms with Gasteiger partial charge in [-0.15, -0.1) is 0 Å². The zero-order chi connectivity index (χ0) is 12.8. The maximum atomic E-state index is 11.0. The van der Waals surface area contributed by atoms with Crippen molar-refractivity contribution >= 4 is 16.9 Å². The molecular formula is C13H16N2O2. The van der Waals surface area contributed by atoms with Gasteiger partial charge in [-0.25, -0.2) is 4.79 Å². The molecule has 1 heterocycles. The summed E-state index contributed by atoms with van der Waals surface area (Å²) in [5, 5.41) is 13.8. The van der Waals surface area contributed by atoms with Crippen molar-refractivity contribution < 1.29 is 9.90 Å². The Morgan fingerprint density at radius 1 is 1.35 bits per heavy atom. The Kier molecular flexibility index (Phi) is 2.45. The van der Waals surface area contributed by atoms with Crippen LogP contribution in [0.15, 0.2) is 18.2 Å². The summed E-state index contributed by atoms with van der Waals surface area (Å²) < 4.78 is 1.62. The van der Waals surface area contributed by atoms with Crippen molar-refractivity contribution in [2.45, 2.75) is 26.2 Å². The predicted octanol–water partition coefficient (Wildman–Crippen LogP) is 2.57. The van der Waals surface area contributed by atoms with Gasteiger partial charge in [0.2, 0.25) is 0 Å². The first kappa shape index (κ1) is 11.6. The summed E-state index contributed by atoms with van der Waals surface area (Å²) in [5.74, 6) is -0.987. The molecule has 0 saturated heterocycles. The Morgan fingerprint density at radius 3 is 2.53 bits per heavy atom. The number of benzene rings is 1. The van der Waals surface area contributed by atoms with Gasteiger partial charge in [-0.05, 0) is 17.0 Å². The number of hydrogen-bond donors (Lipinski definition) is 1. The lowest BCUT2D eigenvalue weighted by Gasteiger charge is -2.18. The molecule has 1 aromatic carbocycles. The first-order valence-corrected chi connectivity index (χ1v) is 5.51. The molecule has 17 heavy (non-hydrogen) atoms. The molecule has 0 aliphatic carbocycles. The van der Waals surface area contributed by atoms with E-state index in [9.17, 15) is 4.79 Å². The van der Waals surface area contributed by atoms with Crippen molar-refractivity contribution in [2.24, 2.45) is 7.05 Å². The highest BCUT2D eigenvalue weighted by atomic mass is 16.4. The molecular weight excluding hydrogens is 216 g/mol. The molecule has 2 aromatic rings. The minimum Gasteiger partial charge on any atom is -0.476 e. The second-order valence-corrected chi connectivity index (χ2v) is 5.26. The van der Waals surface area contributed by atoms with Crippen LogP contribution >= 0.6 is 0 Å².